The Labute approximate surface area is 192 Å². The van der Waals surface area contributed by atoms with Crippen LogP contribution in [0.1, 0.15) is 26.7 Å². The van der Waals surface area contributed by atoms with Crippen molar-refractivity contribution in [3.8, 4) is 0 Å². The maximum atomic E-state index is 8.66. The fourth-order valence-corrected chi connectivity index (χ4v) is 0.680. The number of hydrogen-bond acceptors (Lipinski definition) is 1. The Kier molecular flexibility index (Phi) is 88.6. The summed E-state index contributed by atoms with van der Waals surface area (Å²) in [5.41, 5.74) is 0. The van der Waals surface area contributed by atoms with E-state index in [1.165, 1.54) is 24.2 Å². The van der Waals surface area contributed by atoms with E-state index in [0.717, 1.165) is 12.8 Å². The third kappa shape index (κ3) is 111. The van der Waals surface area contributed by atoms with Crippen LogP contribution in [-0.4, -0.2) is 27.8 Å². The van der Waals surface area contributed by atoms with Crippen LogP contribution in [0.15, 0.2) is 36.5 Å². The van der Waals surface area contributed by atoms with Crippen molar-refractivity contribution in [2.45, 2.75) is 46.3 Å². The van der Waals surface area contributed by atoms with Crippen LogP contribution < -0.4 is 0 Å². The van der Waals surface area contributed by atoms with Gasteiger partial charge in [0.05, 0.1) is 0 Å². The fraction of sp³-hybridized carbons (Fsp3) is 0.368. The van der Waals surface area contributed by atoms with Crippen molar-refractivity contribution >= 4 is 47.8 Å². The second kappa shape index (κ2) is 44.3. The number of rotatable bonds is 0. The summed E-state index contributed by atoms with van der Waals surface area (Å²) < 4.78 is 2.09. The van der Waals surface area contributed by atoms with Crippen molar-refractivity contribution in [1.29, 1.82) is 0 Å². The Morgan fingerprint density at radius 3 is 1.20 bits per heavy atom. The molecule has 0 atom stereocenters. The van der Waals surface area contributed by atoms with Crippen LogP contribution in [0.25, 0.3) is 0 Å². The molecule has 25 heavy (non-hydrogen) atoms. The molecule has 1 radical (unpaired) electrons. The van der Waals surface area contributed by atoms with Gasteiger partial charge in [0.2, 0.25) is 0 Å². The third-order valence-corrected chi connectivity index (χ3v) is 1.17. The van der Waals surface area contributed by atoms with E-state index >= 15 is 0 Å². The van der Waals surface area contributed by atoms with Crippen LogP contribution in [0, 0.1) is 33.9 Å². The smallest absolute Gasteiger partial charge is 0.179 e. The molecule has 2 aliphatic rings. The maximum Gasteiger partial charge on any atom is 0.179 e. The molecule has 0 aromatic carbocycles. The topological polar surface area (TPSA) is 20.2 Å². The van der Waals surface area contributed by atoms with Crippen LogP contribution in [0.3, 0.4) is 0 Å². The monoisotopic (exact) mass is 500 g/mol. The number of halogens is 2. The molecule has 0 aliphatic heterocycles. The van der Waals surface area contributed by atoms with Gasteiger partial charge in [-0.3, -0.25) is 12.2 Å². The molecular weight excluding hydrogens is 463 g/mol. The Morgan fingerprint density at radius 2 is 1.16 bits per heavy atom. The minimum atomic E-state index is -1.61. The molecule has 0 aromatic rings. The summed E-state index contributed by atoms with van der Waals surface area (Å²) in [5.74, 6) is 0. The van der Waals surface area contributed by atoms with Crippen LogP contribution in [0.4, 0.5) is 0 Å². The normalized spacial score (nSPS) is 10.2. The largest absolute Gasteiger partial charge is 0.433 e. The summed E-state index contributed by atoms with van der Waals surface area (Å²) in [6.45, 7) is 12.7. The van der Waals surface area contributed by atoms with Gasteiger partial charge in [-0.05, 0) is 30.6 Å². The first-order valence-electron chi connectivity index (χ1n) is 6.73. The van der Waals surface area contributed by atoms with E-state index in [-0.39, 0.29) is 50.6 Å². The van der Waals surface area contributed by atoms with Gasteiger partial charge in [-0.25, -0.2) is 24.3 Å². The van der Waals surface area contributed by atoms with Crippen LogP contribution >= 0.6 is 24.8 Å². The molecule has 0 heterocycles. The molecule has 0 fully saturated rings. The van der Waals surface area contributed by atoms with Crippen LogP contribution in [-0.2, 0) is 24.2 Å². The summed E-state index contributed by atoms with van der Waals surface area (Å²) in [7, 11) is -1.61. The van der Waals surface area contributed by atoms with Gasteiger partial charge in [0.15, 0.2) is 8.32 Å². The third-order valence-electron chi connectivity index (χ3n) is 1.17. The minimum Gasteiger partial charge on any atom is -0.433 e. The quantitative estimate of drug-likeness (QED) is 0.357. The molecule has 0 spiro atoms. The molecule has 6 heteroatoms. The standard InChI is InChI=1S/2C5H5.C3H10OSi.C2H5.C2H4.2CH3.2ClH.H3Si.Zr/c2*1-2-4-5-3-1;1-5(2,3)4;2*1-2;;;;;;/h2*1-3H,4H2;4H,1-3H3;1H2,2H3;1H,2H3;2*1H3;2*1H;1H3;/q2*-1;;-1;;2*-1;;;;. The van der Waals surface area contributed by atoms with Crippen LogP contribution in [0.2, 0.25) is 19.6 Å². The second-order valence-electron chi connectivity index (χ2n) is 4.47. The molecule has 153 valence electrons. The predicted octanol–water partition coefficient (Wildman–Crippen LogP) is 5.18. The van der Waals surface area contributed by atoms with Crippen molar-refractivity contribution in [1.82, 2.24) is 0 Å². The molecule has 0 bridgehead atoms. The molecule has 1 nitrogen and oxygen atoms in total. The molecule has 1 N–H and O–H groups in total. The first kappa shape index (κ1) is 50.0. The van der Waals surface area contributed by atoms with Gasteiger partial charge in [-0.15, -0.1) is 37.7 Å². The SMILES string of the molecule is C[CH]=[Zr].C[Si](C)(C)O.Cl.Cl.[C-]1=CC=CC1.[C-]1=CC=CC1.[CH2-]C.[CH3-].[CH3-].[SiH3]. The average Bonchev–Trinajstić information content (AvgIpc) is 3.09. The van der Waals surface area contributed by atoms with Crippen molar-refractivity contribution in [2.75, 3.05) is 0 Å². The van der Waals surface area contributed by atoms with Crippen LogP contribution in [0.5, 0.6) is 0 Å². The first-order valence-corrected chi connectivity index (χ1v) is 11.6. The molecule has 0 aromatic heterocycles. The van der Waals surface area contributed by atoms with E-state index in [1.807, 2.05) is 50.9 Å². The van der Waals surface area contributed by atoms with Gasteiger partial charge in [0, 0.05) is 0 Å². The zero-order valence-corrected chi connectivity index (χ0v) is 24.5. The summed E-state index contributed by atoms with van der Waals surface area (Å²) in [5, 5.41) is 0. The van der Waals surface area contributed by atoms with Gasteiger partial charge in [-0.1, -0.05) is 0 Å². The van der Waals surface area contributed by atoms with E-state index < -0.39 is 8.32 Å². The van der Waals surface area contributed by atoms with Gasteiger partial charge in [0.25, 0.3) is 0 Å². The van der Waals surface area contributed by atoms with Gasteiger partial charge in [0.1, 0.15) is 0 Å². The zero-order chi connectivity index (χ0) is 16.3. The van der Waals surface area contributed by atoms with E-state index in [2.05, 4.69) is 34.9 Å². The predicted molar refractivity (Wildman–Crippen MR) is 129 cm³/mol. The number of hydrogen-bond donors (Lipinski definition) is 1. The molecule has 2 rings (SSSR count). The fourth-order valence-electron chi connectivity index (χ4n) is 0.680. The second-order valence-corrected chi connectivity index (χ2v) is 10.2. The van der Waals surface area contributed by atoms with Crippen molar-refractivity contribution in [3.63, 3.8) is 0 Å². The Balaban J connectivity index is -0.0000000236. The Morgan fingerprint density at radius 1 is 0.960 bits per heavy atom. The molecule has 0 amide bonds. The molecular formula is C19H40Cl2OSi2Zr-5. The maximum absolute atomic E-state index is 8.66. The van der Waals surface area contributed by atoms with Gasteiger partial charge >= 0.3 is 34.9 Å². The van der Waals surface area contributed by atoms with Crippen molar-refractivity contribution in [2.24, 2.45) is 0 Å². The summed E-state index contributed by atoms with van der Waals surface area (Å²) >= 11 is 1.51. The van der Waals surface area contributed by atoms with E-state index in [9.17, 15) is 0 Å². The average molecular weight is 503 g/mol. The van der Waals surface area contributed by atoms with Crippen molar-refractivity contribution < 1.29 is 29.0 Å². The first-order chi connectivity index (χ1) is 9.41. The molecule has 0 unspecified atom stereocenters. The van der Waals surface area contributed by atoms with Gasteiger partial charge in [-0.2, -0.15) is 19.1 Å². The molecule has 0 saturated carbocycles. The number of allylic oxidation sites excluding steroid dienone is 8. The minimum absolute atomic E-state index is 0. The van der Waals surface area contributed by atoms with E-state index in [0.29, 0.717) is 0 Å². The van der Waals surface area contributed by atoms with E-state index in [4.69, 9.17) is 4.80 Å². The molecule has 2 aliphatic carbocycles. The Bertz CT molecular complexity index is 263. The Hall–Kier alpha value is 0.687. The summed E-state index contributed by atoms with van der Waals surface area (Å²) in [4.78, 5) is 8.66. The zero-order valence-electron chi connectivity index (χ0n) is 17.4. The summed E-state index contributed by atoms with van der Waals surface area (Å²) in [6.07, 6.45) is 20.0. The summed E-state index contributed by atoms with van der Waals surface area (Å²) in [6, 6.07) is 0. The van der Waals surface area contributed by atoms with Gasteiger partial charge < -0.3 is 26.6 Å². The molecule has 0 saturated heterocycles. The van der Waals surface area contributed by atoms with Crippen molar-refractivity contribution in [3.05, 3.63) is 70.4 Å². The van der Waals surface area contributed by atoms with E-state index in [1.54, 1.807) is 6.92 Å².